The van der Waals surface area contributed by atoms with E-state index < -0.39 is 21.8 Å². The molecule has 0 bridgehead atoms. The van der Waals surface area contributed by atoms with Gasteiger partial charge in [0.15, 0.2) is 0 Å². The van der Waals surface area contributed by atoms with Gasteiger partial charge in [-0.3, -0.25) is 9.71 Å². The maximum Gasteiger partial charge on any atom is 0.416 e. The zero-order valence-corrected chi connectivity index (χ0v) is 14.3. The highest BCUT2D eigenvalue weighted by molar-refractivity contribution is 7.93. The monoisotopic (exact) mass is 392 g/mol. The van der Waals surface area contributed by atoms with Crippen molar-refractivity contribution in [3.05, 3.63) is 60.6 Å². The van der Waals surface area contributed by atoms with E-state index in [0.29, 0.717) is 10.9 Å². The number of alkyl halides is 3. The van der Waals surface area contributed by atoms with Gasteiger partial charge in [0.25, 0.3) is 10.0 Å². The van der Waals surface area contributed by atoms with Crippen LogP contribution in [-0.4, -0.2) is 23.4 Å². The Hall–Kier alpha value is -3.14. The first-order chi connectivity index (χ1) is 12.7. The van der Waals surface area contributed by atoms with Crippen LogP contribution in [-0.2, 0) is 16.2 Å². The second kappa shape index (κ2) is 5.95. The van der Waals surface area contributed by atoms with Gasteiger partial charge in [-0.1, -0.05) is 12.1 Å². The number of hydrogen-bond acceptors (Lipinski definition) is 4. The van der Waals surface area contributed by atoms with E-state index in [1.54, 1.807) is 18.3 Å². The molecule has 0 unspecified atom stereocenters. The summed E-state index contributed by atoms with van der Waals surface area (Å²) >= 11 is 0. The van der Waals surface area contributed by atoms with Gasteiger partial charge in [-0.2, -0.15) is 13.2 Å². The van der Waals surface area contributed by atoms with Crippen LogP contribution in [0.1, 0.15) is 5.56 Å². The zero-order valence-electron chi connectivity index (χ0n) is 13.4. The molecule has 0 aliphatic carbocycles. The van der Waals surface area contributed by atoms with Crippen LogP contribution in [0.15, 0.2) is 59.9 Å². The van der Waals surface area contributed by atoms with Crippen LogP contribution in [0.25, 0.3) is 21.8 Å². The third-order valence-corrected chi connectivity index (χ3v) is 5.38. The minimum Gasteiger partial charge on any atom is -0.360 e. The molecule has 10 heteroatoms. The molecule has 27 heavy (non-hydrogen) atoms. The quantitative estimate of drug-likeness (QED) is 0.553. The molecule has 4 aromatic rings. The van der Waals surface area contributed by atoms with E-state index in [0.717, 1.165) is 24.4 Å². The van der Waals surface area contributed by atoms with Gasteiger partial charge in [0.1, 0.15) is 10.7 Å². The van der Waals surface area contributed by atoms with Gasteiger partial charge in [-0.25, -0.2) is 13.4 Å². The third kappa shape index (κ3) is 3.19. The van der Waals surface area contributed by atoms with Crippen LogP contribution in [0.2, 0.25) is 0 Å². The van der Waals surface area contributed by atoms with Crippen molar-refractivity contribution in [1.82, 2.24) is 15.0 Å². The van der Waals surface area contributed by atoms with Gasteiger partial charge in [0, 0.05) is 28.7 Å². The van der Waals surface area contributed by atoms with E-state index in [1.165, 1.54) is 12.3 Å². The lowest BCUT2D eigenvalue weighted by Crippen LogP contribution is -2.13. The van der Waals surface area contributed by atoms with Crippen LogP contribution < -0.4 is 4.72 Å². The van der Waals surface area contributed by atoms with Crippen LogP contribution in [0.3, 0.4) is 0 Å². The lowest BCUT2D eigenvalue weighted by atomic mass is 10.1. The molecule has 0 aliphatic heterocycles. The topological polar surface area (TPSA) is 87.7 Å². The number of rotatable bonds is 3. The van der Waals surface area contributed by atoms with Gasteiger partial charge in [0.05, 0.1) is 17.3 Å². The van der Waals surface area contributed by atoms with Crippen LogP contribution >= 0.6 is 0 Å². The van der Waals surface area contributed by atoms with Crippen molar-refractivity contribution >= 4 is 37.6 Å². The Bertz CT molecular complexity index is 1270. The Morgan fingerprint density at radius 3 is 2.67 bits per heavy atom. The van der Waals surface area contributed by atoms with Crippen LogP contribution in [0, 0.1) is 0 Å². The number of aromatic amines is 1. The Morgan fingerprint density at radius 1 is 1.07 bits per heavy atom. The minimum atomic E-state index is -4.51. The Balaban J connectivity index is 1.72. The highest BCUT2D eigenvalue weighted by atomic mass is 32.2. The number of pyridine rings is 2. The highest BCUT2D eigenvalue weighted by Gasteiger charge is 2.31. The SMILES string of the molecule is O=S(=O)(Nc1cc2cccnc2cn1)c1c[nH]c2cc(C(F)(F)F)ccc12. The van der Waals surface area contributed by atoms with E-state index >= 15 is 0 Å². The first kappa shape index (κ1) is 17.3. The van der Waals surface area contributed by atoms with Gasteiger partial charge in [0.2, 0.25) is 0 Å². The lowest BCUT2D eigenvalue weighted by molar-refractivity contribution is -0.137. The molecule has 0 saturated heterocycles. The number of hydrogen-bond donors (Lipinski definition) is 2. The molecular formula is C17H11F3N4O2S. The molecule has 0 radical (unpaired) electrons. The average molecular weight is 392 g/mol. The third-order valence-electron chi connectivity index (χ3n) is 3.99. The van der Waals surface area contributed by atoms with E-state index in [2.05, 4.69) is 19.7 Å². The van der Waals surface area contributed by atoms with Crippen LogP contribution in [0.4, 0.5) is 19.0 Å². The number of fused-ring (bicyclic) bond motifs is 2. The number of nitrogens with one attached hydrogen (secondary N) is 2. The van der Waals surface area contributed by atoms with Gasteiger partial charge < -0.3 is 4.98 Å². The molecule has 0 spiro atoms. The molecular weight excluding hydrogens is 381 g/mol. The number of H-pyrrole nitrogens is 1. The van der Waals surface area contributed by atoms with Crippen molar-refractivity contribution in [2.75, 3.05) is 4.72 Å². The van der Waals surface area contributed by atoms with E-state index in [-0.39, 0.29) is 21.6 Å². The summed E-state index contributed by atoms with van der Waals surface area (Å²) in [6, 6.07) is 7.82. The largest absolute Gasteiger partial charge is 0.416 e. The molecule has 4 rings (SSSR count). The number of benzene rings is 1. The van der Waals surface area contributed by atoms with Crippen molar-refractivity contribution in [1.29, 1.82) is 0 Å². The summed E-state index contributed by atoms with van der Waals surface area (Å²) in [6.07, 6.45) is -0.345. The number of nitrogens with zero attached hydrogens (tertiary/aromatic N) is 2. The van der Waals surface area contributed by atoms with Crippen LogP contribution in [0.5, 0.6) is 0 Å². The summed E-state index contributed by atoms with van der Waals surface area (Å²) in [4.78, 5) is 10.5. The van der Waals surface area contributed by atoms with Crippen molar-refractivity contribution in [2.45, 2.75) is 11.1 Å². The van der Waals surface area contributed by atoms with Crippen molar-refractivity contribution in [2.24, 2.45) is 0 Å². The maximum absolute atomic E-state index is 12.8. The van der Waals surface area contributed by atoms with Gasteiger partial charge in [-0.05, 0) is 24.3 Å². The van der Waals surface area contributed by atoms with Gasteiger partial charge >= 0.3 is 6.18 Å². The van der Waals surface area contributed by atoms with E-state index in [4.69, 9.17) is 0 Å². The molecule has 0 aliphatic rings. The second-order valence-electron chi connectivity index (χ2n) is 5.78. The van der Waals surface area contributed by atoms with Gasteiger partial charge in [-0.15, -0.1) is 0 Å². The predicted octanol–water partition coefficient (Wildman–Crippen LogP) is 3.93. The predicted molar refractivity (Wildman–Crippen MR) is 93.6 cm³/mol. The molecule has 1 aromatic carbocycles. The van der Waals surface area contributed by atoms with E-state index in [9.17, 15) is 21.6 Å². The molecule has 0 saturated carbocycles. The molecule has 0 fully saturated rings. The number of anilines is 1. The summed E-state index contributed by atoms with van der Waals surface area (Å²) in [6.45, 7) is 0. The van der Waals surface area contributed by atoms with Crippen molar-refractivity contribution in [3.63, 3.8) is 0 Å². The molecule has 6 nitrogen and oxygen atoms in total. The molecule has 0 amide bonds. The smallest absolute Gasteiger partial charge is 0.360 e. The molecule has 3 heterocycles. The number of halogens is 3. The average Bonchev–Trinajstić information content (AvgIpc) is 3.04. The van der Waals surface area contributed by atoms with Crippen molar-refractivity contribution in [3.8, 4) is 0 Å². The molecule has 0 atom stereocenters. The fourth-order valence-corrected chi connectivity index (χ4v) is 3.90. The standard InChI is InChI=1S/C17H11F3N4O2S/c18-17(19,20)11-3-4-12-13(7-11)22-9-15(12)27(25,26)24-16-6-10-2-1-5-21-14(10)8-23-16/h1-9,22H,(H,23,24). The molecule has 138 valence electrons. The summed E-state index contributed by atoms with van der Waals surface area (Å²) < 4.78 is 66.2. The highest BCUT2D eigenvalue weighted by Crippen LogP contribution is 2.33. The zero-order chi connectivity index (χ0) is 19.2. The normalized spacial score (nSPS) is 12.6. The molecule has 3 aromatic heterocycles. The van der Waals surface area contributed by atoms with Crippen molar-refractivity contribution < 1.29 is 21.6 Å². The number of sulfonamides is 1. The fraction of sp³-hybridized carbons (Fsp3) is 0.0588. The number of aromatic nitrogens is 3. The second-order valence-corrected chi connectivity index (χ2v) is 7.43. The summed E-state index contributed by atoms with van der Waals surface area (Å²) in [5.41, 5.74) is -0.189. The first-order valence-corrected chi connectivity index (χ1v) is 9.14. The maximum atomic E-state index is 12.8. The Kier molecular flexibility index (Phi) is 3.81. The first-order valence-electron chi connectivity index (χ1n) is 7.66. The molecule has 2 N–H and O–H groups in total. The summed E-state index contributed by atoms with van der Waals surface area (Å²) in [7, 11) is -4.06. The van der Waals surface area contributed by atoms with E-state index in [1.807, 2.05) is 0 Å². The minimum absolute atomic E-state index is 0.0703. The lowest BCUT2D eigenvalue weighted by Gasteiger charge is -2.08. The summed E-state index contributed by atoms with van der Waals surface area (Å²) in [5.74, 6) is 0.0803. The fourth-order valence-electron chi connectivity index (χ4n) is 2.72. The summed E-state index contributed by atoms with van der Waals surface area (Å²) in [5, 5.41) is 0.844. The Morgan fingerprint density at radius 2 is 1.89 bits per heavy atom. The Labute approximate surface area is 151 Å².